The molecule has 0 fully saturated rings. The third-order valence-electron chi connectivity index (χ3n) is 9.64. The van der Waals surface area contributed by atoms with Crippen molar-refractivity contribution in [2.45, 2.75) is 78.1 Å². The summed E-state index contributed by atoms with van der Waals surface area (Å²) in [5.41, 5.74) is 8.93. The molecule has 0 saturated carbocycles. The molecule has 5 heteroatoms. The summed E-state index contributed by atoms with van der Waals surface area (Å²) in [6, 6.07) is 35.1. The fourth-order valence-electron chi connectivity index (χ4n) is 6.91. The number of hydrogen-bond acceptors (Lipinski definition) is 5. The lowest BCUT2D eigenvalue weighted by Crippen LogP contribution is -2.14. The first-order chi connectivity index (χ1) is 25.2. The van der Waals surface area contributed by atoms with E-state index in [1.807, 2.05) is 34.0 Å². The van der Waals surface area contributed by atoms with Crippen LogP contribution in [-0.4, -0.2) is 13.2 Å². The van der Waals surface area contributed by atoms with Gasteiger partial charge in [0.05, 0.1) is 14.6 Å². The lowest BCUT2D eigenvalue weighted by Gasteiger charge is -2.17. The summed E-state index contributed by atoms with van der Waals surface area (Å²) in [6.45, 7) is 5.73. The van der Waals surface area contributed by atoms with Crippen LogP contribution in [0.3, 0.4) is 0 Å². The summed E-state index contributed by atoms with van der Waals surface area (Å²) in [5.74, 6) is 1.83. The molecule has 0 spiro atoms. The van der Waals surface area contributed by atoms with Gasteiger partial charge in [-0.1, -0.05) is 137 Å². The maximum atomic E-state index is 6.47. The molecule has 0 bridgehead atoms. The Hall–Kier alpha value is -3.90. The minimum absolute atomic E-state index is 0.574. The Labute approximate surface area is 316 Å². The molecule has 0 radical (unpaired) electrons. The van der Waals surface area contributed by atoms with Crippen molar-refractivity contribution in [3.05, 3.63) is 130 Å². The average Bonchev–Trinajstić information content (AvgIpc) is 3.92. The Bertz CT molecular complexity index is 1970. The Balaban J connectivity index is 1.23. The summed E-state index contributed by atoms with van der Waals surface area (Å²) in [6.07, 6.45) is 14.7. The molecule has 4 heterocycles. The van der Waals surface area contributed by atoms with E-state index in [0.29, 0.717) is 13.2 Å². The van der Waals surface area contributed by atoms with Gasteiger partial charge in [0.25, 0.3) is 0 Å². The molecular weight excluding hydrogens is 681 g/mol. The zero-order valence-corrected chi connectivity index (χ0v) is 32.4. The zero-order valence-electron chi connectivity index (χ0n) is 29.9. The number of rotatable bonds is 16. The Kier molecular flexibility index (Phi) is 12.2. The van der Waals surface area contributed by atoms with Crippen LogP contribution in [0.4, 0.5) is 0 Å². The molecule has 51 heavy (non-hydrogen) atoms. The van der Waals surface area contributed by atoms with Gasteiger partial charge in [0.2, 0.25) is 0 Å². The van der Waals surface area contributed by atoms with E-state index in [1.165, 1.54) is 110 Å². The number of fused-ring (bicyclic) bond motifs is 1. The second-order valence-corrected chi connectivity index (χ2v) is 16.4. The number of aryl methyl sites for hydroxylation is 2. The maximum Gasteiger partial charge on any atom is 0.181 e. The minimum atomic E-state index is 0.574. The predicted octanol–water partition coefficient (Wildman–Crippen LogP) is 14.5. The van der Waals surface area contributed by atoms with E-state index in [2.05, 4.69) is 122 Å². The second kappa shape index (κ2) is 17.5. The molecule has 0 saturated heterocycles. The van der Waals surface area contributed by atoms with Gasteiger partial charge in [-0.05, 0) is 88.2 Å². The molecule has 3 aromatic carbocycles. The van der Waals surface area contributed by atoms with Gasteiger partial charge in [0, 0.05) is 9.75 Å². The molecule has 0 amide bonds. The van der Waals surface area contributed by atoms with E-state index >= 15 is 0 Å². The molecule has 2 nitrogen and oxygen atoms in total. The quantitative estimate of drug-likeness (QED) is 0.0730. The van der Waals surface area contributed by atoms with Gasteiger partial charge < -0.3 is 9.47 Å². The first kappa shape index (κ1) is 35.5. The molecule has 1 aliphatic rings. The smallest absolute Gasteiger partial charge is 0.181 e. The van der Waals surface area contributed by atoms with Crippen LogP contribution in [0.15, 0.2) is 102 Å². The zero-order chi connectivity index (χ0) is 34.8. The van der Waals surface area contributed by atoms with Gasteiger partial charge in [-0.15, -0.1) is 34.0 Å². The lowest BCUT2D eigenvalue weighted by molar-refractivity contribution is 0.175. The maximum absolute atomic E-state index is 6.47. The molecular formula is C46H48O2S3. The van der Waals surface area contributed by atoms with Crippen LogP contribution in [0, 0.1) is 0 Å². The van der Waals surface area contributed by atoms with Gasteiger partial charge in [-0.2, -0.15) is 0 Å². The highest BCUT2D eigenvalue weighted by molar-refractivity contribution is 7.27. The predicted molar refractivity (Wildman–Crippen MR) is 223 cm³/mol. The number of benzene rings is 3. The van der Waals surface area contributed by atoms with Crippen LogP contribution in [0.2, 0.25) is 0 Å². The normalized spacial score (nSPS) is 12.3. The number of thiophene rings is 3. The van der Waals surface area contributed by atoms with Crippen LogP contribution in [-0.2, 0) is 12.8 Å². The topological polar surface area (TPSA) is 18.5 Å². The number of ether oxygens (including phenoxy) is 2. The highest BCUT2D eigenvalue weighted by Gasteiger charge is 2.29. The highest BCUT2D eigenvalue weighted by atomic mass is 32.1. The van der Waals surface area contributed by atoms with Gasteiger partial charge in [-0.3, -0.25) is 0 Å². The van der Waals surface area contributed by atoms with Gasteiger partial charge in [0.15, 0.2) is 11.5 Å². The van der Waals surface area contributed by atoms with E-state index in [1.54, 1.807) is 0 Å². The van der Waals surface area contributed by atoms with Crippen LogP contribution < -0.4 is 9.47 Å². The monoisotopic (exact) mass is 728 g/mol. The van der Waals surface area contributed by atoms with Crippen molar-refractivity contribution in [3.8, 4) is 41.4 Å². The van der Waals surface area contributed by atoms with Crippen LogP contribution >= 0.6 is 34.0 Å². The molecule has 3 aromatic heterocycles. The fraction of sp³-hybridized carbons (Fsp3) is 0.304. The minimum Gasteiger partial charge on any atom is -0.485 e. The largest absolute Gasteiger partial charge is 0.485 e. The molecule has 6 aromatic rings. The summed E-state index contributed by atoms with van der Waals surface area (Å²) in [4.78, 5) is 6.59. The SMILES string of the molecule is CCCCCCc1ccsc1-c1cc(CCCCCC)c(-c2sc(-c3ccc(C=C(c4ccccc4)c4ccccc4)cc3)c3c2OCCO3)s1. The van der Waals surface area contributed by atoms with Crippen molar-refractivity contribution < 1.29 is 9.47 Å². The van der Waals surface area contributed by atoms with Crippen LogP contribution in [0.5, 0.6) is 11.5 Å². The Morgan fingerprint density at radius 2 is 1.20 bits per heavy atom. The third-order valence-corrected chi connectivity index (χ3v) is 13.3. The van der Waals surface area contributed by atoms with E-state index in [4.69, 9.17) is 9.47 Å². The van der Waals surface area contributed by atoms with Gasteiger partial charge in [-0.25, -0.2) is 0 Å². The molecule has 0 atom stereocenters. The van der Waals surface area contributed by atoms with E-state index in [0.717, 1.165) is 29.2 Å². The Morgan fingerprint density at radius 1 is 0.588 bits per heavy atom. The third kappa shape index (κ3) is 8.43. The van der Waals surface area contributed by atoms with Crippen molar-refractivity contribution in [1.82, 2.24) is 0 Å². The van der Waals surface area contributed by atoms with E-state index in [9.17, 15) is 0 Å². The fourth-order valence-corrected chi connectivity index (χ4v) is 10.6. The molecule has 0 N–H and O–H groups in total. The van der Waals surface area contributed by atoms with E-state index in [-0.39, 0.29) is 0 Å². The first-order valence-corrected chi connectivity index (χ1v) is 21.3. The molecule has 0 aliphatic carbocycles. The van der Waals surface area contributed by atoms with Gasteiger partial charge >= 0.3 is 0 Å². The summed E-state index contributed by atoms with van der Waals surface area (Å²) >= 11 is 5.69. The molecule has 262 valence electrons. The molecule has 1 aliphatic heterocycles. The van der Waals surface area contributed by atoms with E-state index < -0.39 is 0 Å². The molecule has 0 unspecified atom stereocenters. The summed E-state index contributed by atoms with van der Waals surface area (Å²) < 4.78 is 12.9. The van der Waals surface area contributed by atoms with Crippen LogP contribution in [0.25, 0.3) is 41.6 Å². The lowest BCUT2D eigenvalue weighted by atomic mass is 9.95. The highest BCUT2D eigenvalue weighted by Crippen LogP contribution is 2.56. The van der Waals surface area contributed by atoms with Crippen molar-refractivity contribution in [1.29, 1.82) is 0 Å². The standard InChI is InChI=1S/C46H48O2S3/c1-3-5-7-11-21-36-27-30-49-43(36)40-32-38(22-12-8-6-4-2)45(50-40)46-42-41(47-28-29-48-42)44(51-46)37-25-23-33(24-26-37)31-39(34-17-13-9-14-18-34)35-19-15-10-16-20-35/h9-10,13-20,23-27,30-32H,3-8,11-12,21-22,28-29H2,1-2H3. The van der Waals surface area contributed by atoms with Gasteiger partial charge in [0.1, 0.15) is 13.2 Å². The number of unbranched alkanes of at least 4 members (excludes halogenated alkanes) is 6. The van der Waals surface area contributed by atoms with Crippen molar-refractivity contribution in [3.63, 3.8) is 0 Å². The first-order valence-electron chi connectivity index (χ1n) is 18.8. The number of hydrogen-bond donors (Lipinski definition) is 0. The molecule has 7 rings (SSSR count). The van der Waals surface area contributed by atoms with Crippen molar-refractivity contribution in [2.24, 2.45) is 0 Å². The summed E-state index contributed by atoms with van der Waals surface area (Å²) in [7, 11) is 0. The summed E-state index contributed by atoms with van der Waals surface area (Å²) in [5, 5.41) is 2.29. The van der Waals surface area contributed by atoms with Crippen molar-refractivity contribution in [2.75, 3.05) is 13.2 Å². The van der Waals surface area contributed by atoms with Crippen molar-refractivity contribution >= 4 is 45.7 Å². The second-order valence-electron chi connectivity index (χ2n) is 13.4. The average molecular weight is 729 g/mol. The van der Waals surface area contributed by atoms with Crippen LogP contribution in [0.1, 0.15) is 93.0 Å². The Morgan fingerprint density at radius 3 is 1.82 bits per heavy atom.